The first-order chi connectivity index (χ1) is 16.4. The summed E-state index contributed by atoms with van der Waals surface area (Å²) in [5.74, 6) is 0.458. The van der Waals surface area contributed by atoms with E-state index >= 15 is 0 Å². The molecule has 0 bridgehead atoms. The summed E-state index contributed by atoms with van der Waals surface area (Å²) in [5, 5.41) is 2.94. The second kappa shape index (κ2) is 12.0. The average molecular weight is 460 g/mol. The molecule has 0 atom stereocenters. The van der Waals surface area contributed by atoms with E-state index in [1.807, 2.05) is 86.6 Å². The number of methoxy groups -OCH3 is 1. The van der Waals surface area contributed by atoms with Gasteiger partial charge in [0.1, 0.15) is 5.75 Å². The molecule has 0 saturated heterocycles. The molecule has 0 unspecified atom stereocenters. The van der Waals surface area contributed by atoms with Crippen LogP contribution in [0.3, 0.4) is 0 Å². The Balaban J connectivity index is 1.86. The van der Waals surface area contributed by atoms with E-state index in [1.54, 1.807) is 24.1 Å². The van der Waals surface area contributed by atoms with Crippen LogP contribution in [0.2, 0.25) is 0 Å². The van der Waals surface area contributed by atoms with E-state index in [1.165, 1.54) is 0 Å². The van der Waals surface area contributed by atoms with E-state index < -0.39 is 0 Å². The molecule has 2 amide bonds. The Morgan fingerprint density at radius 1 is 0.912 bits per heavy atom. The van der Waals surface area contributed by atoms with Crippen LogP contribution >= 0.6 is 0 Å². The largest absolute Gasteiger partial charge is 0.497 e. The van der Waals surface area contributed by atoms with Gasteiger partial charge in [-0.2, -0.15) is 0 Å². The summed E-state index contributed by atoms with van der Waals surface area (Å²) in [7, 11) is 5.52. The SMILES string of the molecule is COc1cccc(C(=O)N(Cc2ccc(C)cc2)c2cccc(CC(=O)NCCN(C)C)c2)c1. The molecule has 0 heterocycles. The van der Waals surface area contributed by atoms with E-state index in [2.05, 4.69) is 5.32 Å². The number of likely N-dealkylation sites (N-methyl/N-ethyl adjacent to an activating group) is 1. The quantitative estimate of drug-likeness (QED) is 0.497. The second-order valence-electron chi connectivity index (χ2n) is 8.61. The number of nitrogens with zero attached hydrogens (tertiary/aromatic N) is 2. The summed E-state index contributed by atoms with van der Waals surface area (Å²) < 4.78 is 5.31. The van der Waals surface area contributed by atoms with Gasteiger partial charge in [-0.25, -0.2) is 0 Å². The Bertz CT molecular complexity index is 1110. The minimum atomic E-state index is -0.132. The van der Waals surface area contributed by atoms with Crippen molar-refractivity contribution in [3.63, 3.8) is 0 Å². The number of aryl methyl sites for hydroxylation is 1. The predicted molar refractivity (Wildman–Crippen MR) is 136 cm³/mol. The first-order valence-corrected chi connectivity index (χ1v) is 11.4. The Morgan fingerprint density at radius 2 is 1.65 bits per heavy atom. The molecule has 0 aliphatic rings. The molecular weight excluding hydrogens is 426 g/mol. The van der Waals surface area contributed by atoms with Crippen molar-refractivity contribution < 1.29 is 14.3 Å². The molecule has 1 N–H and O–H groups in total. The molecule has 0 radical (unpaired) electrons. The Hall–Kier alpha value is -3.64. The highest BCUT2D eigenvalue weighted by molar-refractivity contribution is 6.06. The Morgan fingerprint density at radius 3 is 2.35 bits per heavy atom. The van der Waals surface area contributed by atoms with Crippen LogP contribution in [0, 0.1) is 6.92 Å². The summed E-state index contributed by atoms with van der Waals surface area (Å²) in [6, 6.07) is 22.9. The normalized spacial score (nSPS) is 10.7. The highest BCUT2D eigenvalue weighted by atomic mass is 16.5. The zero-order chi connectivity index (χ0) is 24.5. The number of nitrogens with one attached hydrogen (secondary N) is 1. The van der Waals surface area contributed by atoms with Crippen molar-refractivity contribution >= 4 is 17.5 Å². The molecule has 3 rings (SSSR count). The third-order valence-corrected chi connectivity index (χ3v) is 5.49. The monoisotopic (exact) mass is 459 g/mol. The van der Waals surface area contributed by atoms with Crippen LogP contribution in [-0.4, -0.2) is 51.0 Å². The number of hydrogen-bond donors (Lipinski definition) is 1. The molecule has 6 nitrogen and oxygen atoms in total. The molecule has 0 aromatic heterocycles. The molecular formula is C28H33N3O3. The van der Waals surface area contributed by atoms with Crippen LogP contribution < -0.4 is 15.0 Å². The number of carbonyl (C=O) groups excluding carboxylic acids is 2. The van der Waals surface area contributed by atoms with Crippen LogP contribution in [0.4, 0.5) is 5.69 Å². The van der Waals surface area contributed by atoms with Gasteiger partial charge < -0.3 is 19.9 Å². The summed E-state index contributed by atoms with van der Waals surface area (Å²) in [6.07, 6.45) is 0.257. The first kappa shape index (κ1) is 25.0. The van der Waals surface area contributed by atoms with Crippen molar-refractivity contribution in [2.75, 3.05) is 39.2 Å². The maximum Gasteiger partial charge on any atom is 0.258 e. The number of ether oxygens (including phenoxy) is 1. The molecule has 0 aliphatic heterocycles. The fourth-order valence-corrected chi connectivity index (χ4v) is 3.57. The van der Waals surface area contributed by atoms with Crippen molar-refractivity contribution in [2.24, 2.45) is 0 Å². The standard InChI is InChI=1S/C28H33N3O3/c1-21-11-13-22(14-12-21)20-31(28(33)24-8-6-10-26(19-24)34-4)25-9-5-7-23(17-25)18-27(32)29-15-16-30(2)3/h5-14,17,19H,15-16,18,20H2,1-4H3,(H,29,32). The van der Waals surface area contributed by atoms with E-state index in [-0.39, 0.29) is 18.2 Å². The zero-order valence-corrected chi connectivity index (χ0v) is 20.4. The van der Waals surface area contributed by atoms with Crippen molar-refractivity contribution in [1.82, 2.24) is 10.2 Å². The summed E-state index contributed by atoms with van der Waals surface area (Å²) in [6.45, 7) is 3.83. The predicted octanol–water partition coefficient (Wildman–Crippen LogP) is 4.07. The molecule has 34 heavy (non-hydrogen) atoms. The van der Waals surface area contributed by atoms with Gasteiger partial charge in [-0.3, -0.25) is 9.59 Å². The molecule has 3 aromatic carbocycles. The third kappa shape index (κ3) is 7.18. The number of anilines is 1. The lowest BCUT2D eigenvalue weighted by Gasteiger charge is -2.24. The first-order valence-electron chi connectivity index (χ1n) is 11.4. The highest BCUT2D eigenvalue weighted by Gasteiger charge is 2.19. The molecule has 0 fully saturated rings. The van der Waals surface area contributed by atoms with Crippen LogP contribution in [0.1, 0.15) is 27.0 Å². The van der Waals surface area contributed by atoms with Crippen molar-refractivity contribution in [3.05, 3.63) is 95.1 Å². The van der Waals surface area contributed by atoms with Gasteiger partial charge in [-0.1, -0.05) is 48.0 Å². The van der Waals surface area contributed by atoms with Crippen LogP contribution in [0.25, 0.3) is 0 Å². The smallest absolute Gasteiger partial charge is 0.258 e. The summed E-state index contributed by atoms with van der Waals surface area (Å²) in [5.41, 5.74) is 4.32. The zero-order valence-electron chi connectivity index (χ0n) is 20.4. The Labute approximate surface area is 202 Å². The molecule has 178 valence electrons. The molecule has 6 heteroatoms. The molecule has 0 spiro atoms. The third-order valence-electron chi connectivity index (χ3n) is 5.49. The summed E-state index contributed by atoms with van der Waals surface area (Å²) in [4.78, 5) is 29.8. The van der Waals surface area contributed by atoms with Crippen molar-refractivity contribution in [2.45, 2.75) is 19.9 Å². The maximum atomic E-state index is 13.6. The minimum Gasteiger partial charge on any atom is -0.497 e. The van der Waals surface area contributed by atoms with Gasteiger partial charge in [0.25, 0.3) is 5.91 Å². The van der Waals surface area contributed by atoms with Gasteiger partial charge in [0.15, 0.2) is 0 Å². The van der Waals surface area contributed by atoms with Gasteiger partial charge >= 0.3 is 0 Å². The van der Waals surface area contributed by atoms with Gasteiger partial charge in [0.2, 0.25) is 5.91 Å². The summed E-state index contributed by atoms with van der Waals surface area (Å²) >= 11 is 0. The van der Waals surface area contributed by atoms with Gasteiger partial charge in [0, 0.05) is 24.3 Å². The number of rotatable bonds is 10. The topological polar surface area (TPSA) is 61.9 Å². The highest BCUT2D eigenvalue weighted by Crippen LogP contribution is 2.24. The lowest BCUT2D eigenvalue weighted by Crippen LogP contribution is -2.32. The van der Waals surface area contributed by atoms with E-state index in [9.17, 15) is 9.59 Å². The molecule has 3 aromatic rings. The van der Waals surface area contributed by atoms with E-state index in [0.29, 0.717) is 24.4 Å². The fraction of sp³-hybridized carbons (Fsp3) is 0.286. The number of amides is 2. The van der Waals surface area contributed by atoms with Crippen LogP contribution in [-0.2, 0) is 17.8 Å². The van der Waals surface area contributed by atoms with Crippen molar-refractivity contribution in [3.8, 4) is 5.75 Å². The van der Waals surface area contributed by atoms with Crippen LogP contribution in [0.5, 0.6) is 5.75 Å². The maximum absolute atomic E-state index is 13.6. The number of hydrogen-bond acceptors (Lipinski definition) is 4. The fourth-order valence-electron chi connectivity index (χ4n) is 3.57. The lowest BCUT2D eigenvalue weighted by molar-refractivity contribution is -0.120. The number of carbonyl (C=O) groups is 2. The van der Waals surface area contributed by atoms with Gasteiger partial charge in [-0.05, 0) is 62.5 Å². The minimum absolute atomic E-state index is 0.0387. The second-order valence-corrected chi connectivity index (χ2v) is 8.61. The van der Waals surface area contributed by atoms with Crippen LogP contribution in [0.15, 0.2) is 72.8 Å². The molecule has 0 aliphatic carbocycles. The number of benzene rings is 3. The van der Waals surface area contributed by atoms with Gasteiger partial charge in [0.05, 0.1) is 20.1 Å². The van der Waals surface area contributed by atoms with Gasteiger partial charge in [-0.15, -0.1) is 0 Å². The van der Waals surface area contributed by atoms with E-state index in [0.717, 1.165) is 28.9 Å². The Kier molecular flexibility index (Phi) is 8.82. The molecule has 0 saturated carbocycles. The van der Waals surface area contributed by atoms with E-state index in [4.69, 9.17) is 4.74 Å². The average Bonchev–Trinajstić information content (AvgIpc) is 2.83. The van der Waals surface area contributed by atoms with Crippen molar-refractivity contribution in [1.29, 1.82) is 0 Å². The lowest BCUT2D eigenvalue weighted by atomic mass is 10.1.